The van der Waals surface area contributed by atoms with Crippen LogP contribution in [0.2, 0.25) is 0 Å². The lowest BCUT2D eigenvalue weighted by molar-refractivity contribution is -0.00684. The minimum absolute atomic E-state index is 0. The molecule has 0 aromatic rings. The molecule has 27 heavy (non-hydrogen) atoms. The zero-order chi connectivity index (χ0) is 18.7. The van der Waals surface area contributed by atoms with Crippen molar-refractivity contribution in [3.05, 3.63) is 0 Å². The van der Waals surface area contributed by atoms with Gasteiger partial charge in [0.1, 0.15) is 0 Å². The maximum atomic E-state index is 5.71. The molecule has 7 nitrogen and oxygen atoms in total. The van der Waals surface area contributed by atoms with Crippen LogP contribution >= 0.6 is 24.0 Å². The van der Waals surface area contributed by atoms with Crippen LogP contribution < -0.4 is 10.6 Å². The summed E-state index contributed by atoms with van der Waals surface area (Å²) in [5.74, 6) is 0.882. The minimum atomic E-state index is 0. The number of aliphatic imine (C=N–C) groups is 1. The lowest BCUT2D eigenvalue weighted by Crippen LogP contribution is -2.52. The van der Waals surface area contributed by atoms with E-state index in [1.807, 2.05) is 0 Å². The van der Waals surface area contributed by atoms with Crippen LogP contribution in [0.4, 0.5) is 0 Å². The molecule has 1 atom stereocenters. The molecule has 2 saturated heterocycles. The van der Waals surface area contributed by atoms with Gasteiger partial charge in [0.2, 0.25) is 0 Å². The molecule has 0 saturated carbocycles. The maximum Gasteiger partial charge on any atom is 0.191 e. The molecule has 2 rings (SSSR count). The highest BCUT2D eigenvalue weighted by atomic mass is 127. The van der Waals surface area contributed by atoms with E-state index < -0.39 is 0 Å². The third kappa shape index (κ3) is 9.74. The summed E-state index contributed by atoms with van der Waals surface area (Å²) in [6.45, 7) is 15.0. The lowest BCUT2D eigenvalue weighted by atomic mass is 10.0. The van der Waals surface area contributed by atoms with Gasteiger partial charge in [-0.3, -0.25) is 9.89 Å². The van der Waals surface area contributed by atoms with Crippen molar-refractivity contribution in [3.8, 4) is 0 Å². The first kappa shape index (κ1) is 24.9. The monoisotopic (exact) mass is 498 g/mol. The van der Waals surface area contributed by atoms with Crippen LogP contribution in [-0.4, -0.2) is 88.3 Å². The Morgan fingerprint density at radius 2 is 2.00 bits per heavy atom. The molecule has 8 heteroatoms. The number of hydrogen-bond acceptors (Lipinski definition) is 5. The fraction of sp³-hybridized carbons (Fsp3) is 0.947. The summed E-state index contributed by atoms with van der Waals surface area (Å²) in [5.41, 5.74) is 0.0382. The van der Waals surface area contributed by atoms with E-state index in [0.29, 0.717) is 6.10 Å². The summed E-state index contributed by atoms with van der Waals surface area (Å²) < 4.78 is 16.7. The van der Waals surface area contributed by atoms with Gasteiger partial charge >= 0.3 is 0 Å². The zero-order valence-corrected chi connectivity index (χ0v) is 19.6. The number of halogens is 1. The lowest BCUT2D eigenvalue weighted by Gasteiger charge is -2.39. The predicted octanol–water partition coefficient (Wildman–Crippen LogP) is 1.86. The number of morpholine rings is 1. The summed E-state index contributed by atoms with van der Waals surface area (Å²) in [4.78, 5) is 7.25. The van der Waals surface area contributed by atoms with E-state index in [2.05, 4.69) is 36.3 Å². The quantitative estimate of drug-likeness (QED) is 0.208. The van der Waals surface area contributed by atoms with Gasteiger partial charge in [0.15, 0.2) is 5.96 Å². The summed E-state index contributed by atoms with van der Waals surface area (Å²) in [5, 5.41) is 6.74. The fourth-order valence-corrected chi connectivity index (χ4v) is 3.25. The molecule has 0 bridgehead atoms. The highest BCUT2D eigenvalue weighted by molar-refractivity contribution is 14.0. The molecule has 0 aromatic heterocycles. The first-order valence-corrected chi connectivity index (χ1v) is 10.2. The Balaban J connectivity index is 0.00000364. The van der Waals surface area contributed by atoms with Gasteiger partial charge < -0.3 is 24.8 Å². The molecule has 1 unspecified atom stereocenters. The van der Waals surface area contributed by atoms with Gasteiger partial charge in [-0.1, -0.05) is 0 Å². The minimum Gasteiger partial charge on any atom is -0.379 e. The number of ether oxygens (including phenoxy) is 3. The Hall–Kier alpha value is -0.160. The van der Waals surface area contributed by atoms with Crippen molar-refractivity contribution < 1.29 is 14.2 Å². The summed E-state index contributed by atoms with van der Waals surface area (Å²) in [6.07, 6.45) is 3.57. The van der Waals surface area contributed by atoms with E-state index in [-0.39, 0.29) is 29.5 Å². The van der Waals surface area contributed by atoms with Crippen LogP contribution in [0.15, 0.2) is 4.99 Å². The first-order chi connectivity index (χ1) is 12.6. The van der Waals surface area contributed by atoms with Gasteiger partial charge in [-0.15, -0.1) is 24.0 Å². The van der Waals surface area contributed by atoms with Crippen LogP contribution in [-0.2, 0) is 14.2 Å². The van der Waals surface area contributed by atoms with Gasteiger partial charge in [-0.2, -0.15) is 0 Å². The Kier molecular flexibility index (Phi) is 12.8. The molecule has 2 fully saturated rings. The second kappa shape index (κ2) is 13.9. The number of guanidine groups is 1. The Labute approximate surface area is 182 Å². The molecule has 160 valence electrons. The van der Waals surface area contributed by atoms with Crippen molar-refractivity contribution in [1.82, 2.24) is 15.5 Å². The standard InChI is InChI=1S/C19H38N4O3.HI/c1-4-20-18(21-8-6-11-25-15-17-7-5-12-26-17)22-16-19(2,3)23-9-13-24-14-10-23;/h17H,4-16H2,1-3H3,(H2,20,21,22);1H. The molecule has 2 heterocycles. The molecule has 2 aliphatic heterocycles. The van der Waals surface area contributed by atoms with Gasteiger partial charge in [0, 0.05) is 44.9 Å². The molecule has 0 aromatic carbocycles. The van der Waals surface area contributed by atoms with Crippen LogP contribution in [0.25, 0.3) is 0 Å². The third-order valence-corrected chi connectivity index (χ3v) is 4.92. The van der Waals surface area contributed by atoms with Crippen molar-refractivity contribution in [2.75, 3.05) is 65.8 Å². The maximum absolute atomic E-state index is 5.71. The predicted molar refractivity (Wildman–Crippen MR) is 120 cm³/mol. The van der Waals surface area contributed by atoms with E-state index in [1.54, 1.807) is 0 Å². The number of nitrogens with zero attached hydrogens (tertiary/aromatic N) is 2. The molecule has 2 aliphatic rings. The van der Waals surface area contributed by atoms with Crippen LogP contribution in [0.5, 0.6) is 0 Å². The number of hydrogen-bond donors (Lipinski definition) is 2. The molecular formula is C19H39IN4O3. The highest BCUT2D eigenvalue weighted by Gasteiger charge is 2.28. The van der Waals surface area contributed by atoms with Crippen molar-refractivity contribution >= 4 is 29.9 Å². The van der Waals surface area contributed by atoms with Crippen LogP contribution in [0, 0.1) is 0 Å². The largest absolute Gasteiger partial charge is 0.379 e. The molecular weight excluding hydrogens is 459 g/mol. The van der Waals surface area contributed by atoms with E-state index in [4.69, 9.17) is 19.2 Å². The van der Waals surface area contributed by atoms with Crippen LogP contribution in [0.1, 0.15) is 40.0 Å². The molecule has 0 spiro atoms. The van der Waals surface area contributed by atoms with Crippen LogP contribution in [0.3, 0.4) is 0 Å². The third-order valence-electron chi connectivity index (χ3n) is 4.92. The van der Waals surface area contributed by atoms with Crippen molar-refractivity contribution in [1.29, 1.82) is 0 Å². The average Bonchev–Trinajstić information content (AvgIpc) is 3.16. The topological polar surface area (TPSA) is 67.4 Å². The van der Waals surface area contributed by atoms with Gasteiger partial charge in [0.05, 0.1) is 32.5 Å². The van der Waals surface area contributed by atoms with E-state index in [0.717, 1.165) is 84.6 Å². The fourth-order valence-electron chi connectivity index (χ4n) is 3.25. The molecule has 2 N–H and O–H groups in total. The van der Waals surface area contributed by atoms with E-state index in [9.17, 15) is 0 Å². The van der Waals surface area contributed by atoms with Gasteiger partial charge in [0.25, 0.3) is 0 Å². The Morgan fingerprint density at radius 1 is 1.22 bits per heavy atom. The second-order valence-electron chi connectivity index (χ2n) is 7.60. The highest BCUT2D eigenvalue weighted by Crippen LogP contribution is 2.16. The van der Waals surface area contributed by atoms with E-state index >= 15 is 0 Å². The normalized spacial score (nSPS) is 21.7. The molecule has 0 radical (unpaired) electrons. The smallest absolute Gasteiger partial charge is 0.191 e. The zero-order valence-electron chi connectivity index (χ0n) is 17.3. The molecule has 0 amide bonds. The van der Waals surface area contributed by atoms with Crippen molar-refractivity contribution in [2.24, 2.45) is 4.99 Å². The first-order valence-electron chi connectivity index (χ1n) is 10.2. The van der Waals surface area contributed by atoms with E-state index in [1.165, 1.54) is 6.42 Å². The number of nitrogens with one attached hydrogen (secondary N) is 2. The van der Waals surface area contributed by atoms with Crippen molar-refractivity contribution in [3.63, 3.8) is 0 Å². The van der Waals surface area contributed by atoms with Crippen molar-refractivity contribution in [2.45, 2.75) is 51.7 Å². The summed E-state index contributed by atoms with van der Waals surface area (Å²) >= 11 is 0. The van der Waals surface area contributed by atoms with Gasteiger partial charge in [-0.25, -0.2) is 0 Å². The average molecular weight is 498 g/mol. The SMILES string of the molecule is CCNC(=NCC(C)(C)N1CCOCC1)NCCCOCC1CCCO1.I. The molecule has 0 aliphatic carbocycles. The Bertz CT molecular complexity index is 412. The van der Waals surface area contributed by atoms with Gasteiger partial charge in [-0.05, 0) is 40.0 Å². The Morgan fingerprint density at radius 3 is 2.67 bits per heavy atom. The number of rotatable bonds is 10. The summed E-state index contributed by atoms with van der Waals surface area (Å²) in [6, 6.07) is 0. The summed E-state index contributed by atoms with van der Waals surface area (Å²) in [7, 11) is 0. The second-order valence-corrected chi connectivity index (χ2v) is 7.60.